The molecule has 0 aromatic heterocycles. The van der Waals surface area contributed by atoms with Gasteiger partial charge in [0.25, 0.3) is 0 Å². The third kappa shape index (κ3) is 2.57. The van der Waals surface area contributed by atoms with E-state index < -0.39 is 5.97 Å². The largest absolute Gasteiger partial charge is 0.481 e. The lowest BCUT2D eigenvalue weighted by Crippen LogP contribution is -2.40. The molecule has 3 heteroatoms. The summed E-state index contributed by atoms with van der Waals surface area (Å²) in [6, 6.07) is 0.290. The average Bonchev–Trinajstić information content (AvgIpc) is 2.86. The molecule has 0 aromatic carbocycles. The quantitative estimate of drug-likeness (QED) is 0.798. The molecule has 0 bridgehead atoms. The number of rotatable bonds is 4. The van der Waals surface area contributed by atoms with Gasteiger partial charge in [0.1, 0.15) is 0 Å². The standard InChI is InChI=1S/C13H23NO2/c1-14(9-10-5-2-3-6-10)12-8-4-7-11(12)13(15)16/h10-12H,2-9H2,1H3,(H,15,16). The predicted octanol–water partition coefficient (Wildman–Crippen LogP) is 2.36. The molecule has 0 aliphatic heterocycles. The van der Waals surface area contributed by atoms with Gasteiger partial charge in [0.15, 0.2) is 0 Å². The maximum absolute atomic E-state index is 11.1. The molecule has 2 atom stereocenters. The summed E-state index contributed by atoms with van der Waals surface area (Å²) in [5, 5.41) is 9.17. The molecule has 0 heterocycles. The number of carboxylic acid groups (broad SMARTS) is 1. The van der Waals surface area contributed by atoms with Crippen LogP contribution >= 0.6 is 0 Å². The lowest BCUT2D eigenvalue weighted by molar-refractivity contribution is -0.143. The van der Waals surface area contributed by atoms with Crippen LogP contribution in [0.2, 0.25) is 0 Å². The molecule has 2 rings (SSSR count). The summed E-state index contributed by atoms with van der Waals surface area (Å²) in [7, 11) is 2.12. The van der Waals surface area contributed by atoms with Crippen molar-refractivity contribution in [2.24, 2.45) is 11.8 Å². The van der Waals surface area contributed by atoms with E-state index in [1.807, 2.05) is 0 Å². The highest BCUT2D eigenvalue weighted by molar-refractivity contribution is 5.71. The molecule has 0 amide bonds. The fourth-order valence-corrected chi connectivity index (χ4v) is 3.49. The van der Waals surface area contributed by atoms with E-state index in [4.69, 9.17) is 5.11 Å². The Morgan fingerprint density at radius 2 is 1.88 bits per heavy atom. The maximum atomic E-state index is 11.1. The maximum Gasteiger partial charge on any atom is 0.308 e. The van der Waals surface area contributed by atoms with E-state index in [2.05, 4.69) is 11.9 Å². The zero-order valence-electron chi connectivity index (χ0n) is 10.2. The molecule has 0 saturated heterocycles. The van der Waals surface area contributed by atoms with Gasteiger partial charge in [0, 0.05) is 12.6 Å². The second-order valence-corrected chi connectivity index (χ2v) is 5.53. The summed E-state index contributed by atoms with van der Waals surface area (Å²) in [6.07, 6.45) is 8.44. The minimum atomic E-state index is -0.597. The number of hydrogen-bond donors (Lipinski definition) is 1. The van der Waals surface area contributed by atoms with Gasteiger partial charge >= 0.3 is 5.97 Å². The van der Waals surface area contributed by atoms with Gasteiger partial charge in [0.2, 0.25) is 0 Å². The predicted molar refractivity (Wildman–Crippen MR) is 63.4 cm³/mol. The van der Waals surface area contributed by atoms with Gasteiger partial charge in [-0.3, -0.25) is 4.79 Å². The zero-order valence-corrected chi connectivity index (χ0v) is 10.2. The smallest absolute Gasteiger partial charge is 0.308 e. The van der Waals surface area contributed by atoms with E-state index >= 15 is 0 Å². The van der Waals surface area contributed by atoms with Crippen LogP contribution in [0, 0.1) is 11.8 Å². The van der Waals surface area contributed by atoms with E-state index in [-0.39, 0.29) is 12.0 Å². The number of carboxylic acids is 1. The van der Waals surface area contributed by atoms with Crippen molar-refractivity contribution in [3.05, 3.63) is 0 Å². The third-order valence-electron chi connectivity index (χ3n) is 4.38. The van der Waals surface area contributed by atoms with Crippen molar-refractivity contribution in [1.29, 1.82) is 0 Å². The molecule has 2 fully saturated rings. The fraction of sp³-hybridized carbons (Fsp3) is 0.923. The Bertz CT molecular complexity index is 248. The number of aliphatic carboxylic acids is 1. The summed E-state index contributed by atoms with van der Waals surface area (Å²) in [5.41, 5.74) is 0. The van der Waals surface area contributed by atoms with E-state index in [0.717, 1.165) is 31.7 Å². The fourth-order valence-electron chi connectivity index (χ4n) is 3.49. The summed E-state index contributed by atoms with van der Waals surface area (Å²) >= 11 is 0. The molecule has 1 N–H and O–H groups in total. The molecule has 0 aromatic rings. The van der Waals surface area contributed by atoms with E-state index in [9.17, 15) is 4.79 Å². The Morgan fingerprint density at radius 1 is 1.19 bits per heavy atom. The normalized spacial score (nSPS) is 31.4. The highest BCUT2D eigenvalue weighted by atomic mass is 16.4. The molecule has 2 saturated carbocycles. The Labute approximate surface area is 97.8 Å². The second-order valence-electron chi connectivity index (χ2n) is 5.53. The number of nitrogens with zero attached hydrogens (tertiary/aromatic N) is 1. The van der Waals surface area contributed by atoms with Crippen molar-refractivity contribution < 1.29 is 9.90 Å². The van der Waals surface area contributed by atoms with Gasteiger partial charge < -0.3 is 10.0 Å². The molecule has 0 spiro atoms. The van der Waals surface area contributed by atoms with Gasteiger partial charge in [-0.25, -0.2) is 0 Å². The van der Waals surface area contributed by atoms with Crippen molar-refractivity contribution in [1.82, 2.24) is 4.90 Å². The molecule has 16 heavy (non-hydrogen) atoms. The van der Waals surface area contributed by atoms with Crippen molar-refractivity contribution >= 4 is 5.97 Å². The van der Waals surface area contributed by atoms with Gasteiger partial charge in [-0.2, -0.15) is 0 Å². The monoisotopic (exact) mass is 225 g/mol. The average molecular weight is 225 g/mol. The minimum absolute atomic E-state index is 0.119. The molecule has 2 aliphatic carbocycles. The van der Waals surface area contributed by atoms with Gasteiger partial charge in [-0.1, -0.05) is 19.3 Å². The molecular formula is C13H23NO2. The highest BCUT2D eigenvalue weighted by Gasteiger charge is 2.36. The SMILES string of the molecule is CN(CC1CCCC1)C1CCCC1C(=O)O. The number of carbonyl (C=O) groups is 1. The highest BCUT2D eigenvalue weighted by Crippen LogP contribution is 2.32. The van der Waals surface area contributed by atoms with Crippen LogP contribution in [-0.4, -0.2) is 35.6 Å². The van der Waals surface area contributed by atoms with Crippen LogP contribution in [-0.2, 0) is 4.79 Å². The van der Waals surface area contributed by atoms with Crippen LogP contribution in [0.4, 0.5) is 0 Å². The summed E-state index contributed by atoms with van der Waals surface area (Å²) < 4.78 is 0. The Kier molecular flexibility index (Phi) is 3.85. The van der Waals surface area contributed by atoms with Crippen LogP contribution in [0.25, 0.3) is 0 Å². The Morgan fingerprint density at radius 3 is 2.50 bits per heavy atom. The zero-order chi connectivity index (χ0) is 11.5. The molecule has 0 radical (unpaired) electrons. The van der Waals surface area contributed by atoms with Crippen molar-refractivity contribution in [2.75, 3.05) is 13.6 Å². The van der Waals surface area contributed by atoms with Crippen LogP contribution in [0.5, 0.6) is 0 Å². The number of hydrogen-bond acceptors (Lipinski definition) is 2. The first-order chi connectivity index (χ1) is 7.68. The molecular weight excluding hydrogens is 202 g/mol. The molecule has 3 nitrogen and oxygen atoms in total. The van der Waals surface area contributed by atoms with E-state index in [1.165, 1.54) is 25.7 Å². The van der Waals surface area contributed by atoms with Crippen molar-refractivity contribution in [2.45, 2.75) is 51.0 Å². The van der Waals surface area contributed by atoms with Crippen LogP contribution < -0.4 is 0 Å². The first-order valence-corrected chi connectivity index (χ1v) is 6.61. The van der Waals surface area contributed by atoms with Crippen LogP contribution in [0.3, 0.4) is 0 Å². The molecule has 92 valence electrons. The second kappa shape index (κ2) is 5.17. The summed E-state index contributed by atoms with van der Waals surface area (Å²) in [6.45, 7) is 1.11. The minimum Gasteiger partial charge on any atom is -0.481 e. The topological polar surface area (TPSA) is 40.5 Å². The summed E-state index contributed by atoms with van der Waals surface area (Å²) in [4.78, 5) is 13.4. The van der Waals surface area contributed by atoms with E-state index in [1.54, 1.807) is 0 Å². The van der Waals surface area contributed by atoms with E-state index in [0.29, 0.717) is 0 Å². The van der Waals surface area contributed by atoms with Crippen molar-refractivity contribution in [3.63, 3.8) is 0 Å². The third-order valence-corrected chi connectivity index (χ3v) is 4.38. The molecule has 2 aliphatic rings. The summed E-state index contributed by atoms with van der Waals surface area (Å²) in [5.74, 6) is 0.104. The van der Waals surface area contributed by atoms with Crippen molar-refractivity contribution in [3.8, 4) is 0 Å². The van der Waals surface area contributed by atoms with Gasteiger partial charge in [-0.05, 0) is 38.6 Å². The van der Waals surface area contributed by atoms with Crippen LogP contribution in [0.15, 0.2) is 0 Å². The first-order valence-electron chi connectivity index (χ1n) is 6.61. The van der Waals surface area contributed by atoms with Gasteiger partial charge in [-0.15, -0.1) is 0 Å². The lowest BCUT2D eigenvalue weighted by atomic mass is 10.0. The Hall–Kier alpha value is -0.570. The first kappa shape index (κ1) is 11.9. The van der Waals surface area contributed by atoms with Crippen LogP contribution in [0.1, 0.15) is 44.9 Å². The lowest BCUT2D eigenvalue weighted by Gasteiger charge is -2.29. The van der Waals surface area contributed by atoms with Gasteiger partial charge in [0.05, 0.1) is 5.92 Å². The Balaban J connectivity index is 1.87. The molecule has 2 unspecified atom stereocenters.